The lowest BCUT2D eigenvalue weighted by Crippen LogP contribution is -2.59. The standard InChI is InChI=1S/C9H17BO4/c1-6(10)7-3-14-5-9(4-11,13-2)8(7)12/h6-8,11-12H,3-5H2,1-2H3/t6-,7?,8?,9+/m1/s1. The predicted octanol–water partition coefficient (Wildman–Crippen LogP) is -0.652. The summed E-state index contributed by atoms with van der Waals surface area (Å²) in [6.45, 7) is 2.14. The van der Waals surface area contributed by atoms with E-state index in [0.29, 0.717) is 6.61 Å². The van der Waals surface area contributed by atoms with Crippen molar-refractivity contribution in [2.45, 2.75) is 24.4 Å². The van der Waals surface area contributed by atoms with Gasteiger partial charge in [-0.1, -0.05) is 12.7 Å². The lowest BCUT2D eigenvalue weighted by Gasteiger charge is -2.44. The van der Waals surface area contributed by atoms with Crippen LogP contribution >= 0.6 is 0 Å². The highest BCUT2D eigenvalue weighted by molar-refractivity contribution is 6.11. The van der Waals surface area contributed by atoms with Crippen molar-refractivity contribution in [1.29, 1.82) is 0 Å². The fourth-order valence-electron chi connectivity index (χ4n) is 1.76. The smallest absolute Gasteiger partial charge is 0.140 e. The monoisotopic (exact) mass is 200 g/mol. The third-order valence-corrected chi connectivity index (χ3v) is 2.95. The summed E-state index contributed by atoms with van der Waals surface area (Å²) >= 11 is 0. The van der Waals surface area contributed by atoms with E-state index in [9.17, 15) is 10.2 Å². The zero-order chi connectivity index (χ0) is 10.8. The molecule has 0 aromatic carbocycles. The first-order valence-corrected chi connectivity index (χ1v) is 4.75. The van der Waals surface area contributed by atoms with Gasteiger partial charge in [0.25, 0.3) is 0 Å². The number of aliphatic hydroxyl groups excluding tert-OH is 2. The van der Waals surface area contributed by atoms with E-state index >= 15 is 0 Å². The van der Waals surface area contributed by atoms with Crippen molar-refractivity contribution in [3.05, 3.63) is 0 Å². The second kappa shape index (κ2) is 4.62. The molecule has 4 atom stereocenters. The van der Waals surface area contributed by atoms with Crippen LogP contribution in [0.3, 0.4) is 0 Å². The van der Waals surface area contributed by atoms with E-state index in [0.717, 1.165) is 0 Å². The Balaban J connectivity index is 2.78. The molecule has 0 spiro atoms. The molecule has 1 fully saturated rings. The highest BCUT2D eigenvalue weighted by Gasteiger charge is 2.46. The zero-order valence-electron chi connectivity index (χ0n) is 8.64. The molecule has 0 saturated carbocycles. The van der Waals surface area contributed by atoms with Gasteiger partial charge in [-0.3, -0.25) is 0 Å². The van der Waals surface area contributed by atoms with Crippen LogP contribution in [0.15, 0.2) is 0 Å². The van der Waals surface area contributed by atoms with Crippen molar-refractivity contribution in [1.82, 2.24) is 0 Å². The van der Waals surface area contributed by atoms with Crippen LogP contribution < -0.4 is 0 Å². The first kappa shape index (κ1) is 12.0. The van der Waals surface area contributed by atoms with Gasteiger partial charge in [0, 0.05) is 13.0 Å². The molecule has 0 aromatic heterocycles. The summed E-state index contributed by atoms with van der Waals surface area (Å²) in [5.74, 6) is -0.387. The quantitative estimate of drug-likeness (QED) is 0.594. The number of rotatable bonds is 3. The first-order valence-electron chi connectivity index (χ1n) is 4.75. The Labute approximate surface area is 85.6 Å². The van der Waals surface area contributed by atoms with E-state index in [4.69, 9.17) is 17.3 Å². The molecule has 2 unspecified atom stereocenters. The molecule has 1 rings (SSSR count). The topological polar surface area (TPSA) is 58.9 Å². The maximum Gasteiger partial charge on any atom is 0.140 e. The molecule has 0 aliphatic carbocycles. The highest BCUT2D eigenvalue weighted by Crippen LogP contribution is 2.32. The van der Waals surface area contributed by atoms with Crippen LogP contribution in [-0.2, 0) is 9.47 Å². The van der Waals surface area contributed by atoms with Crippen molar-refractivity contribution in [2.24, 2.45) is 5.92 Å². The molecular formula is C9H17BO4. The minimum Gasteiger partial charge on any atom is -0.393 e. The maximum absolute atomic E-state index is 10.0. The minimum atomic E-state index is -1.02. The summed E-state index contributed by atoms with van der Waals surface area (Å²) in [6.07, 6.45) is -0.786. The number of hydrogen-bond donors (Lipinski definition) is 2. The number of aliphatic hydroxyl groups is 2. The van der Waals surface area contributed by atoms with Crippen LogP contribution in [0.4, 0.5) is 0 Å². The van der Waals surface area contributed by atoms with Crippen LogP contribution in [-0.4, -0.2) is 56.7 Å². The van der Waals surface area contributed by atoms with E-state index in [2.05, 4.69) is 0 Å². The summed E-state index contributed by atoms with van der Waals surface area (Å²) in [7, 11) is 7.16. The lowest BCUT2D eigenvalue weighted by atomic mass is 9.71. The molecule has 2 radical (unpaired) electrons. The van der Waals surface area contributed by atoms with E-state index in [1.165, 1.54) is 7.11 Å². The molecular weight excluding hydrogens is 183 g/mol. The Bertz CT molecular complexity index is 182. The first-order chi connectivity index (χ1) is 6.57. The molecule has 0 aromatic rings. The Morgan fingerprint density at radius 2 is 2.36 bits per heavy atom. The molecule has 0 bridgehead atoms. The fourth-order valence-corrected chi connectivity index (χ4v) is 1.76. The number of hydrogen-bond acceptors (Lipinski definition) is 4. The van der Waals surface area contributed by atoms with Gasteiger partial charge in [0.1, 0.15) is 5.60 Å². The van der Waals surface area contributed by atoms with E-state index < -0.39 is 11.7 Å². The Kier molecular flexibility index (Phi) is 3.95. The van der Waals surface area contributed by atoms with E-state index in [-0.39, 0.29) is 24.9 Å². The molecule has 0 amide bonds. The normalized spacial score (nSPS) is 40.9. The van der Waals surface area contributed by atoms with Gasteiger partial charge < -0.3 is 19.7 Å². The van der Waals surface area contributed by atoms with Crippen molar-refractivity contribution < 1.29 is 19.7 Å². The molecule has 1 aliphatic heterocycles. The fraction of sp³-hybridized carbons (Fsp3) is 1.00. The average molecular weight is 200 g/mol. The van der Waals surface area contributed by atoms with Crippen molar-refractivity contribution >= 4 is 7.85 Å². The van der Waals surface area contributed by atoms with Gasteiger partial charge in [0.05, 0.1) is 33.8 Å². The van der Waals surface area contributed by atoms with Crippen LogP contribution in [0.25, 0.3) is 0 Å². The van der Waals surface area contributed by atoms with Crippen LogP contribution in [0.2, 0.25) is 5.82 Å². The van der Waals surface area contributed by atoms with E-state index in [1.54, 1.807) is 6.92 Å². The molecule has 1 aliphatic rings. The second-order valence-electron chi connectivity index (χ2n) is 3.91. The summed E-state index contributed by atoms with van der Waals surface area (Å²) in [5, 5.41) is 19.2. The zero-order valence-corrected chi connectivity index (χ0v) is 8.64. The van der Waals surface area contributed by atoms with Crippen LogP contribution in [0.1, 0.15) is 6.92 Å². The van der Waals surface area contributed by atoms with Crippen molar-refractivity contribution in [3.63, 3.8) is 0 Å². The summed E-state index contributed by atoms with van der Waals surface area (Å²) in [5.41, 5.74) is -1.02. The Morgan fingerprint density at radius 3 is 2.79 bits per heavy atom. The predicted molar refractivity (Wildman–Crippen MR) is 52.3 cm³/mol. The molecule has 80 valence electrons. The third-order valence-electron chi connectivity index (χ3n) is 2.95. The highest BCUT2D eigenvalue weighted by atomic mass is 16.6. The number of methoxy groups -OCH3 is 1. The van der Waals surface area contributed by atoms with Gasteiger partial charge in [0.2, 0.25) is 0 Å². The van der Waals surface area contributed by atoms with E-state index in [1.807, 2.05) is 0 Å². The van der Waals surface area contributed by atoms with Gasteiger partial charge in [-0.15, -0.1) is 0 Å². The van der Waals surface area contributed by atoms with Gasteiger partial charge in [-0.05, 0) is 0 Å². The van der Waals surface area contributed by atoms with Gasteiger partial charge in [-0.2, -0.15) is 0 Å². The molecule has 5 heteroatoms. The molecule has 2 N–H and O–H groups in total. The minimum absolute atomic E-state index is 0.189. The molecule has 4 nitrogen and oxygen atoms in total. The largest absolute Gasteiger partial charge is 0.393 e. The summed E-state index contributed by atoms with van der Waals surface area (Å²) < 4.78 is 10.4. The van der Waals surface area contributed by atoms with Crippen molar-refractivity contribution in [3.8, 4) is 0 Å². The third kappa shape index (κ3) is 1.96. The lowest BCUT2D eigenvalue weighted by molar-refractivity contribution is -0.214. The maximum atomic E-state index is 10.0. The second-order valence-corrected chi connectivity index (χ2v) is 3.91. The van der Waals surface area contributed by atoms with Gasteiger partial charge >= 0.3 is 0 Å². The molecule has 14 heavy (non-hydrogen) atoms. The Morgan fingerprint density at radius 1 is 1.71 bits per heavy atom. The van der Waals surface area contributed by atoms with Gasteiger partial charge in [0.15, 0.2) is 0 Å². The van der Waals surface area contributed by atoms with Gasteiger partial charge in [-0.25, -0.2) is 0 Å². The summed E-state index contributed by atoms with van der Waals surface area (Å²) in [4.78, 5) is 0. The Hall–Kier alpha value is -0.0951. The number of ether oxygens (including phenoxy) is 2. The molecule has 1 saturated heterocycles. The average Bonchev–Trinajstić information content (AvgIpc) is 2.18. The summed E-state index contributed by atoms with van der Waals surface area (Å²) in [6, 6.07) is 0. The molecule has 1 heterocycles. The van der Waals surface area contributed by atoms with Crippen molar-refractivity contribution in [2.75, 3.05) is 26.9 Å². The van der Waals surface area contributed by atoms with Crippen LogP contribution in [0.5, 0.6) is 0 Å². The SMILES string of the molecule is [B][C@H](C)C1COC[C@](CO)(OC)C1O. The van der Waals surface area contributed by atoms with Crippen LogP contribution in [0, 0.1) is 5.92 Å².